The molecular weight excluding hydrogens is 309 g/mol. The minimum absolute atomic E-state index is 0.0679. The van der Waals surface area contributed by atoms with Crippen LogP contribution >= 0.6 is 11.8 Å². The van der Waals surface area contributed by atoms with Crippen LogP contribution in [-0.2, 0) is 0 Å². The average molecular weight is 320 g/mol. The highest BCUT2D eigenvalue weighted by Crippen LogP contribution is 2.34. The van der Waals surface area contributed by atoms with Crippen molar-refractivity contribution < 1.29 is 27.4 Å². The Kier molecular flexibility index (Phi) is 4.31. The first-order valence-corrected chi connectivity index (χ1v) is 6.66. The summed E-state index contributed by atoms with van der Waals surface area (Å²) in [5.74, 6) is -0.504. The highest BCUT2D eigenvalue weighted by molar-refractivity contribution is 8.14. The molecule has 0 spiro atoms. The van der Waals surface area contributed by atoms with Gasteiger partial charge in [0, 0.05) is 5.56 Å². The molecule has 0 fully saturated rings. The van der Waals surface area contributed by atoms with Gasteiger partial charge in [0.05, 0.1) is 18.1 Å². The van der Waals surface area contributed by atoms with Gasteiger partial charge in [0.25, 0.3) is 5.24 Å². The molecule has 1 amide bonds. The zero-order chi connectivity index (χ0) is 15.6. The molecule has 0 saturated carbocycles. The van der Waals surface area contributed by atoms with Crippen LogP contribution in [0.4, 0.5) is 18.0 Å². The van der Waals surface area contributed by atoms with E-state index in [1.165, 1.54) is 19.2 Å². The van der Waals surface area contributed by atoms with E-state index in [4.69, 9.17) is 4.74 Å². The van der Waals surface area contributed by atoms with Crippen molar-refractivity contribution in [3.8, 4) is 11.5 Å². The highest BCUT2D eigenvalue weighted by atomic mass is 32.2. The van der Waals surface area contributed by atoms with Gasteiger partial charge in [-0.25, -0.2) is 5.43 Å². The number of nitrogens with zero attached hydrogens (tertiary/aromatic N) is 1. The first kappa shape index (κ1) is 15.5. The normalized spacial score (nSPS) is 18.8. The Morgan fingerprint density at radius 1 is 1.33 bits per heavy atom. The summed E-state index contributed by atoms with van der Waals surface area (Å²) >= 11 is 1.04. The molecule has 0 bridgehead atoms. The van der Waals surface area contributed by atoms with Gasteiger partial charge in [-0.1, -0.05) is 11.8 Å². The van der Waals surface area contributed by atoms with Gasteiger partial charge in [-0.15, -0.1) is 13.2 Å². The van der Waals surface area contributed by atoms with E-state index in [1.807, 2.05) is 0 Å². The fourth-order valence-electron chi connectivity index (χ4n) is 1.77. The topological polar surface area (TPSA) is 59.9 Å². The summed E-state index contributed by atoms with van der Waals surface area (Å²) in [4.78, 5) is 11.2. The monoisotopic (exact) mass is 320 g/mol. The third kappa shape index (κ3) is 3.81. The molecule has 114 valence electrons. The molecule has 0 aromatic heterocycles. The Morgan fingerprint density at radius 3 is 2.62 bits per heavy atom. The molecule has 1 heterocycles. The van der Waals surface area contributed by atoms with Gasteiger partial charge in [0.1, 0.15) is 0 Å². The number of thioether (sulfide) groups is 1. The van der Waals surface area contributed by atoms with E-state index in [0.717, 1.165) is 17.8 Å². The van der Waals surface area contributed by atoms with E-state index >= 15 is 0 Å². The molecule has 1 unspecified atom stereocenters. The predicted molar refractivity (Wildman–Crippen MR) is 71.8 cm³/mol. The van der Waals surface area contributed by atoms with Crippen molar-refractivity contribution in [2.24, 2.45) is 5.10 Å². The largest absolute Gasteiger partial charge is 0.573 e. The predicted octanol–water partition coefficient (Wildman–Crippen LogP) is 3.14. The number of carbonyl (C=O) groups excluding carboxylic acids is 1. The third-order valence-electron chi connectivity index (χ3n) is 2.62. The number of alkyl halides is 3. The molecule has 0 aliphatic carbocycles. The molecule has 1 aliphatic rings. The number of halogens is 3. The summed E-state index contributed by atoms with van der Waals surface area (Å²) in [6.45, 7) is 1.77. The number of amides is 1. The molecule has 0 saturated heterocycles. The van der Waals surface area contributed by atoms with Gasteiger partial charge < -0.3 is 9.47 Å². The summed E-state index contributed by atoms with van der Waals surface area (Å²) in [6, 6.07) is 3.96. The lowest BCUT2D eigenvalue weighted by Crippen LogP contribution is -2.29. The van der Waals surface area contributed by atoms with E-state index < -0.39 is 12.1 Å². The van der Waals surface area contributed by atoms with Crippen LogP contribution in [0.25, 0.3) is 0 Å². The van der Waals surface area contributed by atoms with Crippen LogP contribution < -0.4 is 14.9 Å². The molecular formula is C12H11F3N2O3S. The zero-order valence-electron chi connectivity index (χ0n) is 11.0. The van der Waals surface area contributed by atoms with Gasteiger partial charge >= 0.3 is 6.36 Å². The van der Waals surface area contributed by atoms with Crippen molar-refractivity contribution in [2.75, 3.05) is 7.11 Å². The number of carbonyl (C=O) groups is 1. The summed E-state index contributed by atoms with van der Waals surface area (Å²) in [7, 11) is 1.24. The van der Waals surface area contributed by atoms with Crippen molar-refractivity contribution in [3.05, 3.63) is 23.8 Å². The Balaban J connectivity index is 2.33. The fraction of sp³-hybridized carbons (Fsp3) is 0.333. The molecule has 1 N–H and O–H groups in total. The second kappa shape index (κ2) is 5.84. The number of ether oxygens (including phenoxy) is 2. The quantitative estimate of drug-likeness (QED) is 0.929. The summed E-state index contributed by atoms with van der Waals surface area (Å²) in [6.07, 6.45) is -4.80. The minimum Gasteiger partial charge on any atom is -0.493 e. The lowest BCUT2D eigenvalue weighted by Gasteiger charge is -2.19. The standard InChI is InChI=1S/C12H11F3N2O3S/c1-6-10(16-17-11(18)21-6)7-3-4-8(9(5-7)19-2)20-12(13,14)15/h3-6H,1-2H3,(H,17,18). The smallest absolute Gasteiger partial charge is 0.493 e. The number of hydrogen-bond acceptors (Lipinski definition) is 5. The molecule has 1 aliphatic heterocycles. The van der Waals surface area contributed by atoms with Crippen LogP contribution in [0, 0.1) is 0 Å². The number of nitrogens with one attached hydrogen (secondary N) is 1. The molecule has 1 atom stereocenters. The number of methoxy groups -OCH3 is 1. The van der Waals surface area contributed by atoms with Gasteiger partial charge in [-0.05, 0) is 25.1 Å². The van der Waals surface area contributed by atoms with Crippen LogP contribution in [0.3, 0.4) is 0 Å². The summed E-state index contributed by atoms with van der Waals surface area (Å²) in [5, 5.41) is 3.41. The second-order valence-corrected chi connectivity index (χ2v) is 5.38. The van der Waals surface area contributed by atoms with Crippen LogP contribution in [-0.4, -0.2) is 29.7 Å². The molecule has 1 aromatic carbocycles. The Morgan fingerprint density at radius 2 is 2.05 bits per heavy atom. The Hall–Kier alpha value is -1.90. The van der Waals surface area contributed by atoms with E-state index in [2.05, 4.69) is 15.3 Å². The number of rotatable bonds is 3. The zero-order valence-corrected chi connectivity index (χ0v) is 11.8. The Labute approximate surface area is 122 Å². The van der Waals surface area contributed by atoms with Gasteiger partial charge in [0.15, 0.2) is 11.5 Å². The number of hydrogen-bond donors (Lipinski definition) is 1. The van der Waals surface area contributed by atoms with E-state index in [-0.39, 0.29) is 16.2 Å². The minimum atomic E-state index is -4.80. The van der Waals surface area contributed by atoms with Crippen molar-refractivity contribution in [1.82, 2.24) is 5.43 Å². The van der Waals surface area contributed by atoms with E-state index in [9.17, 15) is 18.0 Å². The van der Waals surface area contributed by atoms with Crippen LogP contribution in [0.15, 0.2) is 23.3 Å². The average Bonchev–Trinajstić information content (AvgIpc) is 2.38. The second-order valence-electron chi connectivity index (χ2n) is 4.07. The first-order valence-electron chi connectivity index (χ1n) is 5.78. The van der Waals surface area contributed by atoms with Crippen molar-refractivity contribution in [3.63, 3.8) is 0 Å². The van der Waals surface area contributed by atoms with Crippen LogP contribution in [0.2, 0.25) is 0 Å². The number of benzene rings is 1. The van der Waals surface area contributed by atoms with Gasteiger partial charge in [-0.3, -0.25) is 4.79 Å². The molecule has 9 heteroatoms. The lowest BCUT2D eigenvalue weighted by molar-refractivity contribution is -0.275. The highest BCUT2D eigenvalue weighted by Gasteiger charge is 2.33. The first-order chi connectivity index (χ1) is 9.80. The van der Waals surface area contributed by atoms with Gasteiger partial charge in [0.2, 0.25) is 0 Å². The molecule has 1 aromatic rings. The summed E-state index contributed by atoms with van der Waals surface area (Å²) < 4.78 is 45.6. The lowest BCUT2D eigenvalue weighted by atomic mass is 10.1. The van der Waals surface area contributed by atoms with Crippen molar-refractivity contribution >= 4 is 22.7 Å². The molecule has 5 nitrogen and oxygen atoms in total. The molecule has 21 heavy (non-hydrogen) atoms. The Bertz CT molecular complexity index is 590. The molecule has 0 radical (unpaired) electrons. The maximum atomic E-state index is 12.3. The maximum absolute atomic E-state index is 12.3. The SMILES string of the molecule is COc1cc(C2=NNC(=O)SC2C)ccc1OC(F)(F)F. The van der Waals surface area contributed by atoms with Gasteiger partial charge in [-0.2, -0.15) is 5.10 Å². The third-order valence-corrected chi connectivity index (χ3v) is 3.50. The van der Waals surface area contributed by atoms with E-state index in [1.54, 1.807) is 6.92 Å². The fourth-order valence-corrected chi connectivity index (χ4v) is 2.49. The maximum Gasteiger partial charge on any atom is 0.573 e. The van der Waals surface area contributed by atoms with Crippen LogP contribution in [0.1, 0.15) is 12.5 Å². The van der Waals surface area contributed by atoms with Crippen molar-refractivity contribution in [1.29, 1.82) is 0 Å². The van der Waals surface area contributed by atoms with Crippen molar-refractivity contribution in [2.45, 2.75) is 18.5 Å². The molecule has 2 rings (SSSR count). The summed E-state index contributed by atoms with van der Waals surface area (Å²) in [5.41, 5.74) is 3.39. The van der Waals surface area contributed by atoms with Crippen LogP contribution in [0.5, 0.6) is 11.5 Å². The van der Waals surface area contributed by atoms with E-state index in [0.29, 0.717) is 11.3 Å². The number of hydrazone groups is 1.